The first-order valence-corrected chi connectivity index (χ1v) is 8.85. The van der Waals surface area contributed by atoms with Gasteiger partial charge in [-0.15, -0.1) is 0 Å². The lowest BCUT2D eigenvalue weighted by Gasteiger charge is -2.08. The van der Waals surface area contributed by atoms with Crippen LogP contribution in [0, 0.1) is 0 Å². The number of halogens is 1. The van der Waals surface area contributed by atoms with Crippen molar-refractivity contribution in [3.63, 3.8) is 0 Å². The van der Waals surface area contributed by atoms with Crippen molar-refractivity contribution >= 4 is 32.7 Å². The van der Waals surface area contributed by atoms with Gasteiger partial charge in [0.15, 0.2) is 11.2 Å². The highest BCUT2D eigenvalue weighted by molar-refractivity contribution is 9.10. The third-order valence-corrected chi connectivity index (χ3v) is 4.87. The van der Waals surface area contributed by atoms with E-state index in [0.29, 0.717) is 35.7 Å². The maximum Gasteiger partial charge on any atom is 0.332 e. The van der Waals surface area contributed by atoms with Crippen molar-refractivity contribution in [2.45, 2.75) is 26.9 Å². The first-order chi connectivity index (χ1) is 11.9. The number of imidazole rings is 1. The first kappa shape index (κ1) is 17.4. The Balaban J connectivity index is 2.32. The minimum absolute atomic E-state index is 0.321. The molecule has 1 aromatic carbocycles. The van der Waals surface area contributed by atoms with Crippen LogP contribution in [0.2, 0.25) is 0 Å². The Morgan fingerprint density at radius 2 is 1.72 bits per heavy atom. The fourth-order valence-corrected chi connectivity index (χ4v) is 3.24. The molecule has 25 heavy (non-hydrogen) atoms. The minimum Gasteiger partial charge on any atom is -0.321 e. The Labute approximate surface area is 153 Å². The molecule has 0 radical (unpaired) electrons. The summed E-state index contributed by atoms with van der Waals surface area (Å²) in [5, 5.41) is 0. The fourth-order valence-electron chi connectivity index (χ4n) is 2.98. The van der Waals surface area contributed by atoms with Gasteiger partial charge in [-0.05, 0) is 31.5 Å². The van der Waals surface area contributed by atoms with Crippen molar-refractivity contribution < 1.29 is 0 Å². The molecule has 130 valence electrons. The lowest BCUT2D eigenvalue weighted by atomic mass is 10.1. The molecule has 2 heterocycles. The zero-order valence-corrected chi connectivity index (χ0v) is 16.0. The Hall–Kier alpha value is -2.41. The number of fused-ring (bicyclic) bond motifs is 1. The van der Waals surface area contributed by atoms with Gasteiger partial charge in [0.2, 0.25) is 0 Å². The summed E-state index contributed by atoms with van der Waals surface area (Å²) < 4.78 is 5.46. The second-order valence-corrected chi connectivity index (χ2v) is 6.64. The predicted octanol–water partition coefficient (Wildman–Crippen LogP) is 2.76. The average molecular weight is 403 g/mol. The lowest BCUT2D eigenvalue weighted by molar-refractivity contribution is 0.604. The molecule has 0 spiro atoms. The normalized spacial score (nSPS) is 11.2. The minimum atomic E-state index is -0.332. The predicted molar refractivity (Wildman–Crippen MR) is 103 cm³/mol. The second-order valence-electron chi connectivity index (χ2n) is 5.73. The molecule has 2 aromatic heterocycles. The molecule has 0 aliphatic heterocycles. The van der Waals surface area contributed by atoms with Crippen LogP contribution < -0.4 is 11.2 Å². The highest BCUT2D eigenvalue weighted by atomic mass is 79.9. The number of hydrogen-bond acceptors (Lipinski definition) is 3. The van der Waals surface area contributed by atoms with E-state index in [0.717, 1.165) is 10.0 Å². The van der Waals surface area contributed by atoms with E-state index < -0.39 is 0 Å². The van der Waals surface area contributed by atoms with Crippen LogP contribution in [-0.2, 0) is 20.1 Å². The zero-order valence-electron chi connectivity index (χ0n) is 14.4. The van der Waals surface area contributed by atoms with Gasteiger partial charge in [-0.25, -0.2) is 9.78 Å². The SMILES string of the molecule is C=C(c1ccc(Br)cc1)c1nc2c(c(=O)n(CC)c(=O)n2CC)n1C. The molecule has 3 rings (SSSR count). The molecule has 3 aromatic rings. The monoisotopic (exact) mass is 402 g/mol. The Bertz CT molecular complexity index is 1090. The first-order valence-electron chi connectivity index (χ1n) is 8.05. The second kappa shape index (κ2) is 6.48. The van der Waals surface area contributed by atoms with Crippen LogP contribution in [0.3, 0.4) is 0 Å². The molecule has 0 N–H and O–H groups in total. The number of nitrogens with zero attached hydrogens (tertiary/aromatic N) is 4. The van der Waals surface area contributed by atoms with E-state index in [2.05, 4.69) is 27.5 Å². The topological polar surface area (TPSA) is 61.8 Å². The number of rotatable bonds is 4. The van der Waals surface area contributed by atoms with Gasteiger partial charge in [0.25, 0.3) is 5.56 Å². The van der Waals surface area contributed by atoms with Crippen molar-refractivity contribution in [1.29, 1.82) is 0 Å². The van der Waals surface area contributed by atoms with E-state index in [-0.39, 0.29) is 11.2 Å². The average Bonchev–Trinajstić information content (AvgIpc) is 2.93. The number of aryl methyl sites for hydroxylation is 2. The Morgan fingerprint density at radius 1 is 1.12 bits per heavy atom. The van der Waals surface area contributed by atoms with E-state index in [1.165, 1.54) is 9.13 Å². The molecular weight excluding hydrogens is 384 g/mol. The largest absolute Gasteiger partial charge is 0.332 e. The van der Waals surface area contributed by atoms with Crippen molar-refractivity contribution in [1.82, 2.24) is 18.7 Å². The summed E-state index contributed by atoms with van der Waals surface area (Å²) in [5.74, 6) is 0.574. The van der Waals surface area contributed by atoms with E-state index >= 15 is 0 Å². The zero-order chi connectivity index (χ0) is 18.3. The summed E-state index contributed by atoms with van der Waals surface area (Å²) in [6.45, 7) is 8.55. The molecule has 0 unspecified atom stereocenters. The van der Waals surface area contributed by atoms with Gasteiger partial charge in [0.1, 0.15) is 5.82 Å². The highest BCUT2D eigenvalue weighted by Gasteiger charge is 2.20. The smallest absolute Gasteiger partial charge is 0.321 e. The van der Waals surface area contributed by atoms with Crippen LogP contribution in [0.15, 0.2) is 44.9 Å². The summed E-state index contributed by atoms with van der Waals surface area (Å²) in [7, 11) is 1.78. The summed E-state index contributed by atoms with van der Waals surface area (Å²) in [6.07, 6.45) is 0. The quantitative estimate of drug-likeness (QED) is 0.673. The Morgan fingerprint density at radius 3 is 2.28 bits per heavy atom. The molecule has 0 amide bonds. The molecule has 0 aliphatic rings. The van der Waals surface area contributed by atoms with Crippen molar-refractivity contribution in [2.75, 3.05) is 0 Å². The van der Waals surface area contributed by atoms with Gasteiger partial charge in [-0.2, -0.15) is 0 Å². The number of benzene rings is 1. The van der Waals surface area contributed by atoms with Gasteiger partial charge in [-0.3, -0.25) is 13.9 Å². The third-order valence-electron chi connectivity index (χ3n) is 4.34. The number of aromatic nitrogens is 4. The third kappa shape index (κ3) is 2.68. The van der Waals surface area contributed by atoms with Crippen LogP contribution in [0.1, 0.15) is 25.2 Å². The van der Waals surface area contributed by atoms with Gasteiger partial charge in [-0.1, -0.05) is 34.6 Å². The van der Waals surface area contributed by atoms with Crippen LogP contribution in [0.4, 0.5) is 0 Å². The lowest BCUT2D eigenvalue weighted by Crippen LogP contribution is -2.39. The Kier molecular flexibility index (Phi) is 4.51. The molecule has 0 fully saturated rings. The summed E-state index contributed by atoms with van der Waals surface area (Å²) in [6, 6.07) is 7.72. The van der Waals surface area contributed by atoms with Crippen LogP contribution >= 0.6 is 15.9 Å². The molecule has 0 saturated carbocycles. The van der Waals surface area contributed by atoms with Crippen molar-refractivity contribution in [3.05, 3.63) is 67.5 Å². The van der Waals surface area contributed by atoms with Gasteiger partial charge >= 0.3 is 5.69 Å². The molecule has 7 heteroatoms. The van der Waals surface area contributed by atoms with Crippen LogP contribution in [0.25, 0.3) is 16.7 Å². The number of hydrogen-bond donors (Lipinski definition) is 0. The standard InChI is InChI=1S/C18H19BrN4O2/c1-5-22-16-14(17(24)23(6-2)18(22)25)21(4)15(20-16)11(3)12-7-9-13(19)10-8-12/h7-10H,3,5-6H2,1-2,4H3. The maximum absolute atomic E-state index is 12.7. The molecule has 0 saturated heterocycles. The summed E-state index contributed by atoms with van der Waals surface area (Å²) in [5.41, 5.74) is 1.76. The molecular formula is C18H19BrN4O2. The van der Waals surface area contributed by atoms with E-state index in [9.17, 15) is 9.59 Å². The fraction of sp³-hybridized carbons (Fsp3) is 0.278. The van der Waals surface area contributed by atoms with Gasteiger partial charge in [0, 0.05) is 30.2 Å². The molecule has 6 nitrogen and oxygen atoms in total. The van der Waals surface area contributed by atoms with Crippen molar-refractivity contribution in [2.24, 2.45) is 7.05 Å². The molecule has 0 atom stereocenters. The van der Waals surface area contributed by atoms with Crippen LogP contribution in [0.5, 0.6) is 0 Å². The molecule has 0 aliphatic carbocycles. The van der Waals surface area contributed by atoms with E-state index in [4.69, 9.17) is 0 Å². The van der Waals surface area contributed by atoms with Gasteiger partial charge in [0.05, 0.1) is 0 Å². The maximum atomic E-state index is 12.7. The van der Waals surface area contributed by atoms with Gasteiger partial charge < -0.3 is 4.57 Å². The summed E-state index contributed by atoms with van der Waals surface area (Å²) in [4.78, 5) is 29.8. The van der Waals surface area contributed by atoms with E-state index in [1.54, 1.807) is 18.5 Å². The summed E-state index contributed by atoms with van der Waals surface area (Å²) >= 11 is 3.41. The van der Waals surface area contributed by atoms with Crippen molar-refractivity contribution in [3.8, 4) is 0 Å². The highest BCUT2D eigenvalue weighted by Crippen LogP contribution is 2.24. The van der Waals surface area contributed by atoms with E-state index in [1.807, 2.05) is 31.2 Å². The van der Waals surface area contributed by atoms with Crippen LogP contribution in [-0.4, -0.2) is 18.7 Å². The molecule has 0 bridgehead atoms.